The summed E-state index contributed by atoms with van der Waals surface area (Å²) in [4.78, 5) is 20.3. The summed E-state index contributed by atoms with van der Waals surface area (Å²) in [5.41, 5.74) is 26.5. The van der Waals surface area contributed by atoms with Crippen molar-refractivity contribution in [3.63, 3.8) is 0 Å². The van der Waals surface area contributed by atoms with Gasteiger partial charge >= 0.3 is 0 Å². The highest BCUT2D eigenvalue weighted by molar-refractivity contribution is 6.24. The van der Waals surface area contributed by atoms with E-state index in [9.17, 15) is 0 Å². The van der Waals surface area contributed by atoms with Crippen LogP contribution in [0.25, 0.3) is 210 Å². The van der Waals surface area contributed by atoms with Crippen LogP contribution in [0.1, 0.15) is 0 Å². The van der Waals surface area contributed by atoms with Gasteiger partial charge in [0.1, 0.15) is 0 Å². The van der Waals surface area contributed by atoms with Crippen molar-refractivity contribution in [3.8, 4) is 124 Å². The fraction of sp³-hybridized carbons (Fsp3) is 0. The van der Waals surface area contributed by atoms with Crippen LogP contribution in [0, 0.1) is 0 Å². The summed E-state index contributed by atoms with van der Waals surface area (Å²) in [7, 11) is 0. The molecule has 6 nitrogen and oxygen atoms in total. The third kappa shape index (κ3) is 12.1. The highest BCUT2D eigenvalue weighted by Crippen LogP contribution is 2.45. The van der Waals surface area contributed by atoms with Gasteiger partial charge in [-0.1, -0.05) is 328 Å². The number of para-hydroxylation sites is 2. The Balaban J connectivity index is 0.000000143. The number of benzene rings is 18. The molecule has 0 unspecified atom stereocenters. The van der Waals surface area contributed by atoms with Crippen LogP contribution in [-0.4, -0.2) is 29.1 Å². The van der Waals surface area contributed by atoms with Crippen molar-refractivity contribution in [3.05, 3.63) is 425 Å². The van der Waals surface area contributed by atoms with Gasteiger partial charge in [-0.2, -0.15) is 0 Å². The van der Waals surface area contributed by atoms with Crippen molar-refractivity contribution in [1.82, 2.24) is 29.1 Å². The van der Waals surface area contributed by atoms with Gasteiger partial charge in [0.25, 0.3) is 0 Å². The first-order valence-corrected chi connectivity index (χ1v) is 38.8. The highest BCUT2D eigenvalue weighted by Gasteiger charge is 2.22. The van der Waals surface area contributed by atoms with Gasteiger partial charge in [0.2, 0.25) is 0 Å². The lowest BCUT2D eigenvalue weighted by Gasteiger charge is -2.13. The maximum absolute atomic E-state index is 5.08. The highest BCUT2D eigenvalue weighted by atomic mass is 15.0. The van der Waals surface area contributed by atoms with Gasteiger partial charge in [-0.3, -0.25) is 0 Å². The molecule has 0 amide bonds. The van der Waals surface area contributed by atoms with Crippen LogP contribution in [-0.2, 0) is 0 Å². The van der Waals surface area contributed by atoms with Crippen molar-refractivity contribution in [1.29, 1.82) is 0 Å². The predicted molar refractivity (Wildman–Crippen MR) is 477 cm³/mol. The lowest BCUT2D eigenvalue weighted by Crippen LogP contribution is -1.97. The monoisotopic (exact) mass is 1450 g/mol. The fourth-order valence-corrected chi connectivity index (χ4v) is 17.0. The van der Waals surface area contributed by atoms with Gasteiger partial charge in [0.05, 0.1) is 44.8 Å². The first kappa shape index (κ1) is 66.9. The SMILES string of the molecule is c1ccc(-c2cc(-c3ccccc3)nc(-c3ccc(-n4c5ccccc5c5c6cc(-c7ccc(-c8ccccc8)c8ccccc78)ccc6ccc54)cc3)n2)cc1.c1ccc(-c2cc(-c3ccccc3)nc(-c3ccc(-n4c5ccccc5c5c6ccc(-c7ccc(-c8ccccc8)c8ccccc78)cc6ccc54)cc3)n2)cc1. The van der Waals surface area contributed by atoms with Crippen molar-refractivity contribution in [2.45, 2.75) is 0 Å². The molecule has 0 spiro atoms. The van der Waals surface area contributed by atoms with Crippen LogP contribution in [0.4, 0.5) is 0 Å². The van der Waals surface area contributed by atoms with E-state index in [1.165, 1.54) is 131 Å². The lowest BCUT2D eigenvalue weighted by molar-refractivity contribution is 1.16. The molecule has 6 heteroatoms. The van der Waals surface area contributed by atoms with Gasteiger partial charge in [-0.15, -0.1) is 0 Å². The molecule has 22 rings (SSSR count). The summed E-state index contributed by atoms with van der Waals surface area (Å²) >= 11 is 0. The molecule has 0 aliphatic rings. The first-order chi connectivity index (χ1) is 56.5. The minimum absolute atomic E-state index is 0.701. The molecule has 0 radical (unpaired) electrons. The third-order valence-electron chi connectivity index (χ3n) is 22.4. The Labute approximate surface area is 659 Å². The fourth-order valence-electron chi connectivity index (χ4n) is 17.0. The van der Waals surface area contributed by atoms with Gasteiger partial charge < -0.3 is 9.13 Å². The van der Waals surface area contributed by atoms with E-state index in [-0.39, 0.29) is 0 Å². The second kappa shape index (κ2) is 28.6. The van der Waals surface area contributed by atoms with Crippen LogP contribution in [0.2, 0.25) is 0 Å². The number of nitrogens with zero attached hydrogens (tertiary/aromatic N) is 6. The topological polar surface area (TPSA) is 61.4 Å². The lowest BCUT2D eigenvalue weighted by atomic mass is 9.91. The van der Waals surface area contributed by atoms with Gasteiger partial charge in [-0.05, 0) is 185 Å². The second-order valence-corrected chi connectivity index (χ2v) is 29.1. The number of rotatable bonds is 12. The van der Waals surface area contributed by atoms with Gasteiger partial charge in [0, 0.05) is 66.3 Å². The maximum Gasteiger partial charge on any atom is 0.160 e. The van der Waals surface area contributed by atoms with E-state index in [1.54, 1.807) is 0 Å². The zero-order valence-electron chi connectivity index (χ0n) is 62.1. The van der Waals surface area contributed by atoms with Crippen LogP contribution in [0.15, 0.2) is 425 Å². The molecule has 18 aromatic carbocycles. The van der Waals surface area contributed by atoms with E-state index in [2.05, 4.69) is 410 Å². The Morgan fingerprint density at radius 1 is 0.158 bits per heavy atom. The van der Waals surface area contributed by atoms with Gasteiger partial charge in [0.15, 0.2) is 11.6 Å². The second-order valence-electron chi connectivity index (χ2n) is 29.1. The summed E-state index contributed by atoms with van der Waals surface area (Å²) in [6.45, 7) is 0. The van der Waals surface area contributed by atoms with Crippen LogP contribution in [0.3, 0.4) is 0 Å². The van der Waals surface area contributed by atoms with Crippen LogP contribution < -0.4 is 0 Å². The molecule has 0 aliphatic carbocycles. The van der Waals surface area contributed by atoms with Crippen LogP contribution in [0.5, 0.6) is 0 Å². The summed E-state index contributed by atoms with van der Waals surface area (Å²) in [6.07, 6.45) is 0. The largest absolute Gasteiger partial charge is 0.309 e. The van der Waals surface area contributed by atoms with E-state index < -0.39 is 0 Å². The summed E-state index contributed by atoms with van der Waals surface area (Å²) in [5, 5.41) is 14.9. The molecule has 22 aromatic rings. The molecule has 0 saturated carbocycles. The molecular weight excluding hydrogens is 1380 g/mol. The zero-order chi connectivity index (χ0) is 75.4. The molecule has 0 aliphatic heterocycles. The Kier molecular flexibility index (Phi) is 16.8. The number of hydrogen-bond donors (Lipinski definition) is 0. The summed E-state index contributed by atoms with van der Waals surface area (Å²) in [5.74, 6) is 1.40. The average Bonchev–Trinajstić information content (AvgIpc) is 1.58. The Bertz CT molecular complexity index is 7290. The number of aromatic nitrogens is 6. The van der Waals surface area contributed by atoms with E-state index >= 15 is 0 Å². The maximum atomic E-state index is 5.08. The minimum atomic E-state index is 0.701. The molecule has 0 saturated heterocycles. The van der Waals surface area contributed by atoms with Crippen molar-refractivity contribution in [2.75, 3.05) is 0 Å². The Hall–Kier alpha value is -15.2. The molecular formula is C108H70N6. The quantitative estimate of drug-likeness (QED) is 0.122. The van der Waals surface area contributed by atoms with Gasteiger partial charge in [-0.25, -0.2) is 19.9 Å². The molecule has 0 fully saturated rings. The molecule has 532 valence electrons. The molecule has 114 heavy (non-hydrogen) atoms. The standard InChI is InChI=1S/2C54H35N3/c1-4-14-36(15-5-1)43-31-32-44(47-21-11-10-20-46(43)47)40-26-30-45-41(34-40)27-33-52-53(45)48-22-12-13-23-51(48)57(52)42-28-24-39(25-29-42)54-55-49(37-16-6-2-7-17-37)35-50(56-54)38-18-8-3-9-19-38;1-4-14-36(15-5-1)43-31-32-44(46-21-11-10-20-45(43)46)41-25-24-37-28-33-52-53(48(37)34-41)47-22-12-13-23-51(47)57(52)42-29-26-40(27-30-42)54-55-49(38-16-6-2-7-17-38)35-50(56-54)39-18-8-3-9-19-39/h2*1-35H. The summed E-state index contributed by atoms with van der Waals surface area (Å²) < 4.78 is 4.77. The summed E-state index contributed by atoms with van der Waals surface area (Å²) in [6, 6.07) is 151. The normalized spacial score (nSPS) is 11.5. The van der Waals surface area contributed by atoms with Crippen molar-refractivity contribution in [2.24, 2.45) is 0 Å². The number of hydrogen-bond acceptors (Lipinski definition) is 4. The smallest absolute Gasteiger partial charge is 0.160 e. The first-order valence-electron chi connectivity index (χ1n) is 38.8. The zero-order valence-corrected chi connectivity index (χ0v) is 62.1. The van der Waals surface area contributed by atoms with E-state index in [0.717, 1.165) is 67.5 Å². The van der Waals surface area contributed by atoms with E-state index in [1.807, 2.05) is 24.3 Å². The minimum Gasteiger partial charge on any atom is -0.309 e. The number of fused-ring (bicyclic) bond motifs is 12. The van der Waals surface area contributed by atoms with Crippen LogP contribution >= 0.6 is 0 Å². The average molecular weight is 1450 g/mol. The predicted octanol–water partition coefficient (Wildman–Crippen LogP) is 28.4. The van der Waals surface area contributed by atoms with E-state index in [0.29, 0.717) is 11.6 Å². The molecule has 4 heterocycles. The molecule has 0 bridgehead atoms. The van der Waals surface area contributed by atoms with Crippen molar-refractivity contribution < 1.29 is 0 Å². The van der Waals surface area contributed by atoms with Crippen molar-refractivity contribution >= 4 is 86.7 Å². The Morgan fingerprint density at radius 2 is 0.447 bits per heavy atom. The molecule has 0 N–H and O–H groups in total. The Morgan fingerprint density at radius 3 is 0.833 bits per heavy atom. The third-order valence-corrected chi connectivity index (χ3v) is 22.4. The van der Waals surface area contributed by atoms with E-state index in [4.69, 9.17) is 19.9 Å². The molecule has 0 atom stereocenters. The molecule has 4 aromatic heterocycles.